The molecule has 1 N–H and O–H groups in total. The average molecular weight is 381 g/mol. The van der Waals surface area contributed by atoms with Crippen molar-refractivity contribution in [1.29, 1.82) is 0 Å². The number of aromatic nitrogens is 3. The SMILES string of the molecule is CCN(CCNC(=O)c1cnn(-c2ccc(F)cc2)c1-n1cccc1)C1CC1. The molecule has 0 saturated heterocycles. The van der Waals surface area contributed by atoms with E-state index in [1.54, 1.807) is 23.0 Å². The summed E-state index contributed by atoms with van der Waals surface area (Å²) in [5.74, 6) is 0.153. The number of benzene rings is 1. The van der Waals surface area contributed by atoms with Gasteiger partial charge in [-0.3, -0.25) is 9.69 Å². The zero-order chi connectivity index (χ0) is 19.5. The van der Waals surface area contributed by atoms with Crippen LogP contribution in [0.5, 0.6) is 0 Å². The number of hydrogen-bond donors (Lipinski definition) is 1. The third-order valence-electron chi connectivity index (χ3n) is 5.06. The lowest BCUT2D eigenvalue weighted by molar-refractivity contribution is 0.0948. The highest BCUT2D eigenvalue weighted by atomic mass is 19.1. The number of rotatable bonds is 8. The number of likely N-dealkylation sites (N-methyl/N-ethyl adjacent to an activating group) is 1. The number of hydrogen-bond acceptors (Lipinski definition) is 3. The minimum absolute atomic E-state index is 0.163. The van der Waals surface area contributed by atoms with Crippen LogP contribution in [0.15, 0.2) is 55.0 Å². The standard InChI is InChI=1S/C21H24FN5O/c1-2-25(17-9-10-17)14-11-23-20(28)19-15-24-27(18-7-5-16(22)6-8-18)21(19)26-12-3-4-13-26/h3-8,12-13,15,17H,2,9-11,14H2,1H3,(H,23,28). The molecule has 1 aliphatic carbocycles. The van der Waals surface area contributed by atoms with Gasteiger partial charge < -0.3 is 9.88 Å². The summed E-state index contributed by atoms with van der Waals surface area (Å²) in [5, 5.41) is 7.41. The van der Waals surface area contributed by atoms with Crippen molar-refractivity contribution in [1.82, 2.24) is 24.6 Å². The van der Waals surface area contributed by atoms with Crippen LogP contribution in [-0.2, 0) is 0 Å². The van der Waals surface area contributed by atoms with Gasteiger partial charge in [0.1, 0.15) is 11.4 Å². The maximum atomic E-state index is 13.3. The molecule has 1 amide bonds. The van der Waals surface area contributed by atoms with E-state index in [2.05, 4.69) is 22.2 Å². The maximum Gasteiger partial charge on any atom is 0.256 e. The summed E-state index contributed by atoms with van der Waals surface area (Å²) in [6, 6.07) is 10.5. The first-order valence-corrected chi connectivity index (χ1v) is 9.67. The zero-order valence-electron chi connectivity index (χ0n) is 15.9. The summed E-state index contributed by atoms with van der Waals surface area (Å²) in [7, 11) is 0. The highest BCUT2D eigenvalue weighted by molar-refractivity contribution is 5.97. The van der Waals surface area contributed by atoms with E-state index in [0.717, 1.165) is 13.1 Å². The number of nitrogens with one attached hydrogen (secondary N) is 1. The first kappa shape index (κ1) is 18.4. The molecule has 7 heteroatoms. The Balaban J connectivity index is 1.56. The van der Waals surface area contributed by atoms with Crippen molar-refractivity contribution in [3.63, 3.8) is 0 Å². The van der Waals surface area contributed by atoms with Gasteiger partial charge in [-0.25, -0.2) is 9.07 Å². The summed E-state index contributed by atoms with van der Waals surface area (Å²) in [5.41, 5.74) is 1.17. The van der Waals surface area contributed by atoms with E-state index in [-0.39, 0.29) is 11.7 Å². The van der Waals surface area contributed by atoms with Gasteiger partial charge in [0, 0.05) is 31.5 Å². The van der Waals surface area contributed by atoms with Crippen molar-refractivity contribution in [2.45, 2.75) is 25.8 Å². The monoisotopic (exact) mass is 381 g/mol. The normalized spacial score (nSPS) is 13.8. The van der Waals surface area contributed by atoms with E-state index in [4.69, 9.17) is 0 Å². The average Bonchev–Trinajstić information content (AvgIpc) is 3.22. The van der Waals surface area contributed by atoms with Gasteiger partial charge in [-0.05, 0) is 55.8 Å². The molecule has 0 aliphatic heterocycles. The Bertz CT molecular complexity index is 928. The van der Waals surface area contributed by atoms with Crippen LogP contribution >= 0.6 is 0 Å². The molecule has 1 fully saturated rings. The van der Waals surface area contributed by atoms with Crippen molar-refractivity contribution in [3.05, 3.63) is 66.4 Å². The fraction of sp³-hybridized carbons (Fsp3) is 0.333. The topological polar surface area (TPSA) is 55.1 Å². The molecule has 0 radical (unpaired) electrons. The van der Waals surface area contributed by atoms with Crippen LogP contribution in [0.2, 0.25) is 0 Å². The second-order valence-corrected chi connectivity index (χ2v) is 6.98. The molecule has 28 heavy (non-hydrogen) atoms. The largest absolute Gasteiger partial charge is 0.351 e. The van der Waals surface area contributed by atoms with Crippen molar-refractivity contribution in [2.75, 3.05) is 19.6 Å². The molecule has 1 saturated carbocycles. The van der Waals surface area contributed by atoms with Gasteiger partial charge in [-0.15, -0.1) is 0 Å². The number of carbonyl (C=O) groups is 1. The van der Waals surface area contributed by atoms with Gasteiger partial charge in [0.25, 0.3) is 5.91 Å². The van der Waals surface area contributed by atoms with Gasteiger partial charge in [0.05, 0.1) is 11.9 Å². The van der Waals surface area contributed by atoms with E-state index in [1.807, 2.05) is 29.1 Å². The van der Waals surface area contributed by atoms with Crippen molar-refractivity contribution in [3.8, 4) is 11.5 Å². The predicted molar refractivity (Wildman–Crippen MR) is 105 cm³/mol. The van der Waals surface area contributed by atoms with Crippen LogP contribution in [-0.4, -0.2) is 50.8 Å². The van der Waals surface area contributed by atoms with Crippen LogP contribution in [0.4, 0.5) is 4.39 Å². The van der Waals surface area contributed by atoms with Crippen LogP contribution in [0.25, 0.3) is 11.5 Å². The van der Waals surface area contributed by atoms with Gasteiger partial charge >= 0.3 is 0 Å². The molecule has 2 heterocycles. The second-order valence-electron chi connectivity index (χ2n) is 6.98. The Morgan fingerprint density at radius 1 is 1.25 bits per heavy atom. The van der Waals surface area contributed by atoms with Crippen LogP contribution in [0.1, 0.15) is 30.1 Å². The van der Waals surface area contributed by atoms with Crippen molar-refractivity contribution < 1.29 is 9.18 Å². The van der Waals surface area contributed by atoms with Gasteiger partial charge in [0.2, 0.25) is 0 Å². The molecule has 0 unspecified atom stereocenters. The fourth-order valence-corrected chi connectivity index (χ4v) is 3.44. The molecule has 4 rings (SSSR count). The molecular formula is C21H24FN5O. The van der Waals surface area contributed by atoms with E-state index < -0.39 is 0 Å². The minimum atomic E-state index is -0.312. The molecule has 3 aromatic rings. The molecule has 2 aromatic heterocycles. The Hall–Kier alpha value is -2.93. The molecule has 1 aliphatic rings. The molecule has 0 atom stereocenters. The third-order valence-corrected chi connectivity index (χ3v) is 5.06. The maximum absolute atomic E-state index is 13.3. The number of halogens is 1. The lowest BCUT2D eigenvalue weighted by Gasteiger charge is -2.19. The smallest absolute Gasteiger partial charge is 0.256 e. The number of carbonyl (C=O) groups excluding carboxylic acids is 1. The quantitative estimate of drug-likeness (QED) is 0.653. The Kier molecular flexibility index (Phi) is 5.25. The van der Waals surface area contributed by atoms with Crippen LogP contribution in [0, 0.1) is 5.82 Å². The first-order valence-electron chi connectivity index (χ1n) is 9.67. The molecule has 146 valence electrons. The summed E-state index contributed by atoms with van der Waals surface area (Å²) in [6.45, 7) is 4.59. The fourth-order valence-electron chi connectivity index (χ4n) is 3.44. The van der Waals surface area contributed by atoms with Crippen LogP contribution < -0.4 is 5.32 Å². The predicted octanol–water partition coefficient (Wildman–Crippen LogP) is 3.02. The first-order chi connectivity index (χ1) is 13.7. The van der Waals surface area contributed by atoms with E-state index in [9.17, 15) is 9.18 Å². The summed E-state index contributed by atoms with van der Waals surface area (Å²) >= 11 is 0. The molecular weight excluding hydrogens is 357 g/mol. The second kappa shape index (κ2) is 7.98. The number of amides is 1. The van der Waals surface area contributed by atoms with E-state index in [1.165, 1.54) is 25.0 Å². The molecule has 0 bridgehead atoms. The lowest BCUT2D eigenvalue weighted by Crippen LogP contribution is -2.36. The van der Waals surface area contributed by atoms with E-state index in [0.29, 0.717) is 29.7 Å². The Labute approximate surface area is 163 Å². The highest BCUT2D eigenvalue weighted by Crippen LogP contribution is 2.26. The summed E-state index contributed by atoms with van der Waals surface area (Å²) < 4.78 is 16.8. The van der Waals surface area contributed by atoms with Crippen molar-refractivity contribution >= 4 is 5.91 Å². The summed E-state index contributed by atoms with van der Waals surface area (Å²) in [6.07, 6.45) is 7.79. The molecule has 0 spiro atoms. The number of nitrogens with zero attached hydrogens (tertiary/aromatic N) is 4. The van der Waals surface area contributed by atoms with Crippen molar-refractivity contribution in [2.24, 2.45) is 0 Å². The third kappa shape index (κ3) is 3.84. The van der Waals surface area contributed by atoms with Gasteiger partial charge in [-0.1, -0.05) is 6.92 Å². The Morgan fingerprint density at radius 3 is 2.61 bits per heavy atom. The minimum Gasteiger partial charge on any atom is -0.351 e. The molecule has 6 nitrogen and oxygen atoms in total. The van der Waals surface area contributed by atoms with Gasteiger partial charge in [0.15, 0.2) is 5.82 Å². The summed E-state index contributed by atoms with van der Waals surface area (Å²) in [4.78, 5) is 15.3. The van der Waals surface area contributed by atoms with E-state index >= 15 is 0 Å². The molecule has 1 aromatic carbocycles. The van der Waals surface area contributed by atoms with Crippen LogP contribution in [0.3, 0.4) is 0 Å². The van der Waals surface area contributed by atoms with Gasteiger partial charge in [-0.2, -0.15) is 5.10 Å². The highest BCUT2D eigenvalue weighted by Gasteiger charge is 2.27. The Morgan fingerprint density at radius 2 is 1.96 bits per heavy atom. The zero-order valence-corrected chi connectivity index (χ0v) is 15.9. The lowest BCUT2D eigenvalue weighted by atomic mass is 10.2.